The van der Waals surface area contributed by atoms with Crippen LogP contribution in [-0.4, -0.2) is 28.7 Å². The SMILES string of the molecule is CN1C[C@H](O)c2cccc(O)c2C1c1ccccc1. The van der Waals surface area contributed by atoms with Gasteiger partial charge in [0.15, 0.2) is 0 Å². The average Bonchev–Trinajstić information content (AvgIpc) is 2.41. The molecule has 1 aliphatic heterocycles. The Kier molecular flexibility index (Phi) is 3.01. The van der Waals surface area contributed by atoms with Crippen LogP contribution in [0.15, 0.2) is 48.5 Å². The molecule has 1 aliphatic rings. The lowest BCUT2D eigenvalue weighted by molar-refractivity contribution is 0.0930. The number of benzene rings is 2. The third kappa shape index (κ3) is 2.01. The van der Waals surface area contributed by atoms with E-state index < -0.39 is 6.10 Å². The highest BCUT2D eigenvalue weighted by Crippen LogP contribution is 2.42. The van der Waals surface area contributed by atoms with Gasteiger partial charge >= 0.3 is 0 Å². The standard InChI is InChI=1S/C16H17NO2/c1-17-10-14(19)12-8-5-9-13(18)15(12)16(17)11-6-3-2-4-7-11/h2-9,14,16,18-19H,10H2,1H3/t14-,16?/m0/s1. The molecule has 0 amide bonds. The first-order valence-corrected chi connectivity index (χ1v) is 6.43. The molecular weight excluding hydrogens is 238 g/mol. The van der Waals surface area contributed by atoms with Crippen molar-refractivity contribution in [2.75, 3.05) is 13.6 Å². The third-order valence-electron chi connectivity index (χ3n) is 3.77. The lowest BCUT2D eigenvalue weighted by Gasteiger charge is -2.37. The molecule has 2 aromatic carbocycles. The van der Waals surface area contributed by atoms with Gasteiger partial charge in [-0.25, -0.2) is 0 Å². The Balaban J connectivity index is 2.18. The normalized spacial score (nSPS) is 23.1. The summed E-state index contributed by atoms with van der Waals surface area (Å²) in [5, 5.41) is 20.4. The minimum Gasteiger partial charge on any atom is -0.508 e. The second-order valence-corrected chi connectivity index (χ2v) is 5.05. The predicted molar refractivity (Wildman–Crippen MR) is 74.0 cm³/mol. The number of phenolic OH excluding ortho intramolecular Hbond substituents is 1. The van der Waals surface area contributed by atoms with E-state index in [9.17, 15) is 10.2 Å². The van der Waals surface area contributed by atoms with E-state index >= 15 is 0 Å². The van der Waals surface area contributed by atoms with Gasteiger partial charge in [-0.05, 0) is 24.2 Å². The van der Waals surface area contributed by atoms with Gasteiger partial charge in [0.25, 0.3) is 0 Å². The number of phenols is 1. The number of β-amino-alcohol motifs (C(OH)–C–C–N with tert-alkyl or cyclic N) is 1. The quantitative estimate of drug-likeness (QED) is 0.822. The van der Waals surface area contributed by atoms with Crippen molar-refractivity contribution in [1.82, 2.24) is 4.90 Å². The second-order valence-electron chi connectivity index (χ2n) is 5.05. The Hall–Kier alpha value is -1.84. The van der Waals surface area contributed by atoms with E-state index in [0.29, 0.717) is 6.54 Å². The van der Waals surface area contributed by atoms with Gasteiger partial charge in [-0.2, -0.15) is 0 Å². The number of aliphatic hydroxyl groups excluding tert-OH is 1. The van der Waals surface area contributed by atoms with E-state index in [2.05, 4.69) is 17.0 Å². The fourth-order valence-electron chi connectivity index (χ4n) is 2.91. The monoisotopic (exact) mass is 255 g/mol. The highest BCUT2D eigenvalue weighted by Gasteiger charge is 2.32. The van der Waals surface area contributed by atoms with Crippen LogP contribution in [0.3, 0.4) is 0 Å². The van der Waals surface area contributed by atoms with Crippen LogP contribution >= 0.6 is 0 Å². The Morgan fingerprint density at radius 2 is 1.79 bits per heavy atom. The van der Waals surface area contributed by atoms with Gasteiger partial charge in [0.1, 0.15) is 5.75 Å². The maximum atomic E-state index is 10.2. The predicted octanol–water partition coefficient (Wildman–Crippen LogP) is 2.46. The Bertz CT molecular complexity index is 583. The highest BCUT2D eigenvalue weighted by molar-refractivity contribution is 5.48. The number of rotatable bonds is 1. The van der Waals surface area contributed by atoms with Gasteiger partial charge in [0.2, 0.25) is 0 Å². The van der Waals surface area contributed by atoms with E-state index in [1.54, 1.807) is 12.1 Å². The van der Waals surface area contributed by atoms with E-state index in [-0.39, 0.29) is 11.8 Å². The molecule has 0 saturated carbocycles. The van der Waals surface area contributed by atoms with E-state index in [1.165, 1.54) is 0 Å². The van der Waals surface area contributed by atoms with Crippen molar-refractivity contribution in [3.8, 4) is 5.75 Å². The molecule has 1 heterocycles. The summed E-state index contributed by atoms with van der Waals surface area (Å²) in [5.74, 6) is 0.247. The maximum Gasteiger partial charge on any atom is 0.121 e. The van der Waals surface area contributed by atoms with Gasteiger partial charge in [-0.1, -0.05) is 42.5 Å². The molecule has 0 spiro atoms. The number of hydrogen-bond acceptors (Lipinski definition) is 3. The molecule has 0 fully saturated rings. The molecule has 2 aromatic rings. The van der Waals surface area contributed by atoms with Crippen LogP contribution in [0.1, 0.15) is 28.8 Å². The van der Waals surface area contributed by atoms with Gasteiger partial charge in [0.05, 0.1) is 12.1 Å². The van der Waals surface area contributed by atoms with Crippen LogP contribution in [0.25, 0.3) is 0 Å². The minimum absolute atomic E-state index is 0.0131. The van der Waals surface area contributed by atoms with Gasteiger partial charge in [0, 0.05) is 12.1 Å². The lowest BCUT2D eigenvalue weighted by Crippen LogP contribution is -2.35. The van der Waals surface area contributed by atoms with Gasteiger partial charge < -0.3 is 10.2 Å². The van der Waals surface area contributed by atoms with Crippen molar-refractivity contribution in [3.05, 3.63) is 65.2 Å². The molecule has 0 bridgehead atoms. The molecular formula is C16H17NO2. The molecule has 3 rings (SSSR count). The number of aliphatic hydroxyl groups is 1. The molecule has 3 heteroatoms. The van der Waals surface area contributed by atoms with Crippen LogP contribution < -0.4 is 0 Å². The van der Waals surface area contributed by atoms with Crippen LogP contribution in [0.5, 0.6) is 5.75 Å². The van der Waals surface area contributed by atoms with Crippen molar-refractivity contribution in [3.63, 3.8) is 0 Å². The number of likely N-dealkylation sites (N-methyl/N-ethyl adjacent to an activating group) is 1. The second kappa shape index (κ2) is 4.68. The largest absolute Gasteiger partial charge is 0.508 e. The summed E-state index contributed by atoms with van der Waals surface area (Å²) in [5.41, 5.74) is 2.77. The molecule has 2 atom stereocenters. The summed E-state index contributed by atoms with van der Waals surface area (Å²) in [7, 11) is 1.97. The molecule has 1 unspecified atom stereocenters. The fourth-order valence-corrected chi connectivity index (χ4v) is 2.91. The third-order valence-corrected chi connectivity index (χ3v) is 3.77. The molecule has 3 nitrogen and oxygen atoms in total. The van der Waals surface area contributed by atoms with Crippen LogP contribution in [-0.2, 0) is 0 Å². The molecule has 98 valence electrons. The first-order valence-electron chi connectivity index (χ1n) is 6.43. The molecule has 0 saturated heterocycles. The van der Waals surface area contributed by atoms with Crippen molar-refractivity contribution < 1.29 is 10.2 Å². The topological polar surface area (TPSA) is 43.7 Å². The zero-order valence-electron chi connectivity index (χ0n) is 10.8. The highest BCUT2D eigenvalue weighted by atomic mass is 16.3. The van der Waals surface area contributed by atoms with Gasteiger partial charge in [-0.3, -0.25) is 4.90 Å². The lowest BCUT2D eigenvalue weighted by atomic mass is 9.86. The Morgan fingerprint density at radius 3 is 2.53 bits per heavy atom. The first-order chi connectivity index (χ1) is 9.18. The molecule has 0 aromatic heterocycles. The maximum absolute atomic E-state index is 10.2. The van der Waals surface area contributed by atoms with Gasteiger partial charge in [-0.15, -0.1) is 0 Å². The summed E-state index contributed by atoms with van der Waals surface area (Å²) >= 11 is 0. The van der Waals surface area contributed by atoms with Crippen molar-refractivity contribution in [2.24, 2.45) is 0 Å². The summed E-state index contributed by atoms with van der Waals surface area (Å²) in [4.78, 5) is 2.07. The van der Waals surface area contributed by atoms with E-state index in [0.717, 1.165) is 16.7 Å². The Labute approximate surface area is 112 Å². The summed E-state index contributed by atoms with van der Waals surface area (Å²) in [6, 6.07) is 15.4. The number of hydrogen-bond donors (Lipinski definition) is 2. The summed E-state index contributed by atoms with van der Waals surface area (Å²) in [6.07, 6.45) is -0.549. The van der Waals surface area contributed by atoms with Crippen molar-refractivity contribution in [1.29, 1.82) is 0 Å². The van der Waals surface area contributed by atoms with Crippen LogP contribution in [0, 0.1) is 0 Å². The van der Waals surface area contributed by atoms with Crippen molar-refractivity contribution >= 4 is 0 Å². The molecule has 19 heavy (non-hydrogen) atoms. The summed E-state index contributed by atoms with van der Waals surface area (Å²) < 4.78 is 0. The first kappa shape index (κ1) is 12.2. The van der Waals surface area contributed by atoms with Crippen LogP contribution in [0.2, 0.25) is 0 Å². The van der Waals surface area contributed by atoms with Crippen LogP contribution in [0.4, 0.5) is 0 Å². The zero-order chi connectivity index (χ0) is 13.4. The number of fused-ring (bicyclic) bond motifs is 1. The zero-order valence-corrected chi connectivity index (χ0v) is 10.8. The summed E-state index contributed by atoms with van der Waals surface area (Å²) in [6.45, 7) is 0.565. The van der Waals surface area contributed by atoms with E-state index in [1.807, 2.05) is 31.3 Å². The fraction of sp³-hybridized carbons (Fsp3) is 0.250. The number of aromatic hydroxyl groups is 1. The van der Waals surface area contributed by atoms with Crippen molar-refractivity contribution in [2.45, 2.75) is 12.1 Å². The molecule has 0 radical (unpaired) electrons. The molecule has 2 N–H and O–H groups in total. The molecule has 0 aliphatic carbocycles. The number of nitrogens with zero attached hydrogens (tertiary/aromatic N) is 1. The smallest absolute Gasteiger partial charge is 0.121 e. The minimum atomic E-state index is -0.549. The average molecular weight is 255 g/mol. The van der Waals surface area contributed by atoms with E-state index in [4.69, 9.17) is 0 Å². The Morgan fingerprint density at radius 1 is 1.05 bits per heavy atom.